The average molecular weight is 215 g/mol. The smallest absolute Gasteiger partial charge is 0.317 e. The lowest BCUT2D eigenvalue weighted by molar-refractivity contribution is -0.148. The molecule has 4 nitrogen and oxygen atoms in total. The van der Waals surface area contributed by atoms with Gasteiger partial charge < -0.3 is 10.2 Å². The Balaban J connectivity index is 2.92. The average Bonchev–Trinajstić information content (AvgIpc) is 1.94. The van der Waals surface area contributed by atoms with Gasteiger partial charge in [-0.25, -0.2) is 0 Å². The summed E-state index contributed by atoms with van der Waals surface area (Å²) in [6.45, 7) is 7.98. The number of carboxylic acid groups (broad SMARTS) is 1. The largest absolute Gasteiger partial charge is 0.480 e. The van der Waals surface area contributed by atoms with Crippen molar-refractivity contribution in [3.8, 4) is 0 Å². The Morgan fingerprint density at radius 3 is 2.00 bits per heavy atom. The van der Waals surface area contributed by atoms with Crippen LogP contribution in [-0.2, 0) is 4.79 Å². The van der Waals surface area contributed by atoms with E-state index in [1.165, 1.54) is 0 Å². The summed E-state index contributed by atoms with van der Waals surface area (Å²) >= 11 is 0. The molecule has 0 radical (unpaired) electrons. The predicted molar refractivity (Wildman–Crippen MR) is 57.7 cm³/mol. The molecule has 0 aromatic rings. The molecule has 1 aliphatic heterocycles. The molecule has 1 rings (SSSR count). The summed E-state index contributed by atoms with van der Waals surface area (Å²) in [5.74, 6) is -0.812. The Morgan fingerprint density at radius 1 is 1.27 bits per heavy atom. The Hall–Kier alpha value is -0.610. The molecule has 1 aliphatic rings. The number of piperidine rings is 1. The zero-order chi connectivity index (χ0) is 11.9. The van der Waals surface area contributed by atoms with E-state index >= 15 is 0 Å². The summed E-state index contributed by atoms with van der Waals surface area (Å²) in [4.78, 5) is 12.8. The standard InChI is InChI=1S/C11H21NO3/c1-10(2)5-8(13)6-11(3,4)12(10)7-9(14)15/h8,13H,5-7H2,1-4H3,(H,14,15). The zero-order valence-electron chi connectivity index (χ0n) is 9.95. The third-order valence-electron chi connectivity index (χ3n) is 3.23. The quantitative estimate of drug-likeness (QED) is 0.723. The highest BCUT2D eigenvalue weighted by atomic mass is 16.4. The van der Waals surface area contributed by atoms with Crippen LogP contribution in [0.25, 0.3) is 0 Å². The number of likely N-dealkylation sites (tertiary alicyclic amines) is 1. The van der Waals surface area contributed by atoms with Gasteiger partial charge in [0.15, 0.2) is 0 Å². The van der Waals surface area contributed by atoms with Crippen LogP contribution in [0.4, 0.5) is 0 Å². The molecule has 1 saturated heterocycles. The van der Waals surface area contributed by atoms with Crippen LogP contribution in [-0.4, -0.2) is 44.8 Å². The maximum absolute atomic E-state index is 10.8. The van der Waals surface area contributed by atoms with Gasteiger partial charge in [-0.3, -0.25) is 9.69 Å². The minimum absolute atomic E-state index is 0.0344. The van der Waals surface area contributed by atoms with Crippen LogP contribution in [0, 0.1) is 0 Å². The minimum Gasteiger partial charge on any atom is -0.480 e. The molecule has 1 fully saturated rings. The molecule has 2 N–H and O–H groups in total. The first kappa shape index (κ1) is 12.5. The van der Waals surface area contributed by atoms with Gasteiger partial charge in [0.25, 0.3) is 0 Å². The number of carboxylic acids is 1. The van der Waals surface area contributed by atoms with Crippen LogP contribution in [0.1, 0.15) is 40.5 Å². The van der Waals surface area contributed by atoms with E-state index in [-0.39, 0.29) is 23.7 Å². The maximum atomic E-state index is 10.8. The second-order valence-electron chi connectivity index (χ2n) is 5.67. The van der Waals surface area contributed by atoms with Gasteiger partial charge >= 0.3 is 5.97 Å². The molecule has 4 heteroatoms. The summed E-state index contributed by atoms with van der Waals surface area (Å²) < 4.78 is 0. The molecule has 0 atom stereocenters. The fraction of sp³-hybridized carbons (Fsp3) is 0.909. The first-order valence-corrected chi connectivity index (χ1v) is 5.33. The van der Waals surface area contributed by atoms with Gasteiger partial charge in [0.2, 0.25) is 0 Å². The molecule has 0 bridgehead atoms. The predicted octanol–water partition coefficient (Wildman–Crippen LogP) is 1.08. The number of nitrogens with zero attached hydrogens (tertiary/aromatic N) is 1. The normalized spacial score (nSPS) is 26.5. The van der Waals surface area contributed by atoms with Crippen LogP contribution in [0.5, 0.6) is 0 Å². The Bertz CT molecular complexity index is 243. The van der Waals surface area contributed by atoms with Gasteiger partial charge in [0, 0.05) is 11.1 Å². The Kier molecular flexibility index (Phi) is 3.12. The highest BCUT2D eigenvalue weighted by molar-refractivity contribution is 5.69. The van der Waals surface area contributed by atoms with Gasteiger partial charge in [-0.1, -0.05) is 0 Å². The van der Waals surface area contributed by atoms with Crippen molar-refractivity contribution in [3.05, 3.63) is 0 Å². The molecular formula is C11H21NO3. The third-order valence-corrected chi connectivity index (χ3v) is 3.23. The van der Waals surface area contributed by atoms with E-state index in [0.717, 1.165) is 0 Å². The van der Waals surface area contributed by atoms with Crippen LogP contribution in [0.3, 0.4) is 0 Å². The van der Waals surface area contributed by atoms with E-state index in [1.54, 1.807) is 0 Å². The first-order chi connectivity index (χ1) is 6.65. The van der Waals surface area contributed by atoms with E-state index < -0.39 is 5.97 Å². The van der Waals surface area contributed by atoms with E-state index in [4.69, 9.17) is 5.11 Å². The third kappa shape index (κ3) is 2.69. The fourth-order valence-electron chi connectivity index (χ4n) is 2.83. The van der Waals surface area contributed by atoms with Gasteiger partial charge in [-0.05, 0) is 40.5 Å². The highest BCUT2D eigenvalue weighted by Gasteiger charge is 2.45. The van der Waals surface area contributed by atoms with Crippen molar-refractivity contribution >= 4 is 5.97 Å². The summed E-state index contributed by atoms with van der Waals surface area (Å²) in [5.41, 5.74) is -0.529. The summed E-state index contributed by atoms with van der Waals surface area (Å²) in [6, 6.07) is 0. The van der Waals surface area contributed by atoms with Crippen molar-refractivity contribution in [3.63, 3.8) is 0 Å². The first-order valence-electron chi connectivity index (χ1n) is 5.33. The van der Waals surface area contributed by atoms with Gasteiger partial charge in [0.1, 0.15) is 0 Å². The maximum Gasteiger partial charge on any atom is 0.317 e. The lowest BCUT2D eigenvalue weighted by Gasteiger charge is -2.53. The number of rotatable bonds is 2. The molecule has 0 unspecified atom stereocenters. The molecule has 88 valence electrons. The van der Waals surface area contributed by atoms with Gasteiger partial charge in [-0.15, -0.1) is 0 Å². The number of aliphatic hydroxyl groups is 1. The topological polar surface area (TPSA) is 60.8 Å². The zero-order valence-corrected chi connectivity index (χ0v) is 9.95. The number of hydrogen-bond donors (Lipinski definition) is 2. The van der Waals surface area contributed by atoms with Crippen molar-refractivity contribution in [2.24, 2.45) is 0 Å². The molecule has 0 aromatic carbocycles. The molecular weight excluding hydrogens is 194 g/mol. The summed E-state index contributed by atoms with van der Waals surface area (Å²) in [6.07, 6.45) is 0.924. The van der Waals surface area contributed by atoms with Crippen LogP contribution >= 0.6 is 0 Å². The molecule has 0 aliphatic carbocycles. The van der Waals surface area contributed by atoms with E-state index in [9.17, 15) is 9.90 Å². The fourth-order valence-corrected chi connectivity index (χ4v) is 2.83. The van der Waals surface area contributed by atoms with Crippen molar-refractivity contribution in [1.29, 1.82) is 0 Å². The summed E-state index contributed by atoms with van der Waals surface area (Å²) in [5, 5.41) is 18.7. The minimum atomic E-state index is -0.812. The van der Waals surface area contributed by atoms with Crippen molar-refractivity contribution < 1.29 is 15.0 Å². The lowest BCUT2D eigenvalue weighted by Crippen LogP contribution is -2.62. The summed E-state index contributed by atoms with van der Waals surface area (Å²) in [7, 11) is 0. The monoisotopic (exact) mass is 215 g/mol. The van der Waals surface area contributed by atoms with E-state index in [2.05, 4.69) is 0 Å². The SMILES string of the molecule is CC1(C)CC(O)CC(C)(C)N1CC(=O)O. The highest BCUT2D eigenvalue weighted by Crippen LogP contribution is 2.37. The molecule has 0 amide bonds. The van der Waals surface area contributed by atoms with Crippen LogP contribution in [0.2, 0.25) is 0 Å². The second kappa shape index (κ2) is 3.76. The number of hydrogen-bond acceptors (Lipinski definition) is 3. The molecule has 0 aromatic heterocycles. The van der Waals surface area contributed by atoms with Gasteiger partial charge in [-0.2, -0.15) is 0 Å². The second-order valence-corrected chi connectivity index (χ2v) is 5.67. The van der Waals surface area contributed by atoms with Crippen molar-refractivity contribution in [2.45, 2.75) is 57.7 Å². The molecule has 1 heterocycles. The van der Waals surface area contributed by atoms with E-state index in [0.29, 0.717) is 12.8 Å². The Labute approximate surface area is 90.9 Å². The van der Waals surface area contributed by atoms with Gasteiger partial charge in [0.05, 0.1) is 12.6 Å². The molecule has 15 heavy (non-hydrogen) atoms. The van der Waals surface area contributed by atoms with Crippen molar-refractivity contribution in [2.75, 3.05) is 6.54 Å². The van der Waals surface area contributed by atoms with Crippen LogP contribution in [0.15, 0.2) is 0 Å². The molecule has 0 spiro atoms. The number of aliphatic carboxylic acids is 1. The van der Waals surface area contributed by atoms with Crippen LogP contribution < -0.4 is 0 Å². The number of aliphatic hydroxyl groups excluding tert-OH is 1. The molecule has 0 saturated carbocycles. The van der Waals surface area contributed by atoms with Crippen molar-refractivity contribution in [1.82, 2.24) is 4.90 Å². The number of carbonyl (C=O) groups is 1. The van der Waals surface area contributed by atoms with E-state index in [1.807, 2.05) is 32.6 Å². The Morgan fingerprint density at radius 2 is 1.67 bits per heavy atom. The lowest BCUT2D eigenvalue weighted by atomic mass is 9.78.